The first kappa shape index (κ1) is 13.4. The lowest BCUT2D eigenvalue weighted by Crippen LogP contribution is -2.19. The summed E-state index contributed by atoms with van der Waals surface area (Å²) in [6, 6.07) is 7.82. The summed E-state index contributed by atoms with van der Waals surface area (Å²) in [5, 5.41) is 3.75. The Kier molecular flexibility index (Phi) is 4.40. The highest BCUT2D eigenvalue weighted by molar-refractivity contribution is 5.85. The number of nitrogens with zero attached hydrogens (tertiary/aromatic N) is 1. The minimum atomic E-state index is 0. The molecule has 2 aromatic rings. The van der Waals surface area contributed by atoms with Crippen molar-refractivity contribution in [2.45, 2.75) is 13.0 Å². The first-order chi connectivity index (χ1) is 7.70. The lowest BCUT2D eigenvalue weighted by molar-refractivity contribution is -0.120. The number of benzene rings is 1. The number of aromatic nitrogens is 1. The number of nitrogens with two attached hydrogens (primary N) is 1. The average molecular weight is 254 g/mol. The van der Waals surface area contributed by atoms with E-state index in [2.05, 4.69) is 5.32 Å². The number of halogens is 1. The van der Waals surface area contributed by atoms with E-state index in [9.17, 15) is 4.79 Å². The maximum Gasteiger partial charge on any atom is 0.221 e. The van der Waals surface area contributed by atoms with Crippen molar-refractivity contribution in [3.63, 3.8) is 0 Å². The molecule has 2 rings (SSSR count). The van der Waals surface area contributed by atoms with Gasteiger partial charge in [-0.05, 0) is 23.6 Å². The summed E-state index contributed by atoms with van der Waals surface area (Å²) < 4.78 is 2.04. The molecule has 1 aromatic carbocycles. The van der Waals surface area contributed by atoms with Gasteiger partial charge in [0.15, 0.2) is 0 Å². The number of hydrogen-bond donors (Lipinski definition) is 2. The minimum Gasteiger partial charge on any atom is -0.399 e. The van der Waals surface area contributed by atoms with Crippen molar-refractivity contribution in [3.8, 4) is 0 Å². The van der Waals surface area contributed by atoms with E-state index in [1.807, 2.05) is 35.0 Å². The predicted molar refractivity (Wildman–Crippen MR) is 72.3 cm³/mol. The fraction of sp³-hybridized carbons (Fsp3) is 0.250. The monoisotopic (exact) mass is 253 g/mol. The van der Waals surface area contributed by atoms with Crippen molar-refractivity contribution in [2.24, 2.45) is 0 Å². The molecule has 0 saturated heterocycles. The molecule has 1 aromatic heterocycles. The fourth-order valence-corrected chi connectivity index (χ4v) is 1.74. The Hall–Kier alpha value is -1.68. The van der Waals surface area contributed by atoms with E-state index in [4.69, 9.17) is 5.73 Å². The van der Waals surface area contributed by atoms with Crippen molar-refractivity contribution >= 4 is 34.9 Å². The van der Waals surface area contributed by atoms with Crippen LogP contribution in [0.15, 0.2) is 30.5 Å². The van der Waals surface area contributed by atoms with Crippen LogP contribution in [0, 0.1) is 0 Å². The Morgan fingerprint density at radius 3 is 2.88 bits per heavy atom. The molecule has 0 aliphatic heterocycles. The molecular formula is C12H16ClN3O. The fourth-order valence-electron chi connectivity index (χ4n) is 1.74. The SMILES string of the molecule is CNC(=O)CCn1ccc2ccc(N)cc21.Cl. The molecule has 92 valence electrons. The summed E-state index contributed by atoms with van der Waals surface area (Å²) in [4.78, 5) is 11.2. The molecule has 0 radical (unpaired) electrons. The first-order valence-corrected chi connectivity index (χ1v) is 5.25. The molecule has 0 aliphatic carbocycles. The van der Waals surface area contributed by atoms with Crippen LogP contribution < -0.4 is 11.1 Å². The smallest absolute Gasteiger partial charge is 0.221 e. The topological polar surface area (TPSA) is 60.0 Å². The molecule has 5 heteroatoms. The zero-order valence-electron chi connectivity index (χ0n) is 9.64. The van der Waals surface area contributed by atoms with E-state index >= 15 is 0 Å². The molecule has 0 aliphatic rings. The van der Waals surface area contributed by atoms with Crippen molar-refractivity contribution in [1.82, 2.24) is 9.88 Å². The Bertz CT molecular complexity index is 521. The van der Waals surface area contributed by atoms with Gasteiger partial charge in [-0.15, -0.1) is 12.4 Å². The van der Waals surface area contributed by atoms with Gasteiger partial charge in [-0.3, -0.25) is 4.79 Å². The number of aryl methyl sites for hydroxylation is 1. The number of carbonyl (C=O) groups is 1. The molecule has 0 unspecified atom stereocenters. The molecule has 0 saturated carbocycles. The lowest BCUT2D eigenvalue weighted by Gasteiger charge is -2.05. The van der Waals surface area contributed by atoms with Crippen molar-refractivity contribution in [2.75, 3.05) is 12.8 Å². The quantitative estimate of drug-likeness (QED) is 0.820. The number of anilines is 1. The van der Waals surface area contributed by atoms with Gasteiger partial charge in [-0.1, -0.05) is 6.07 Å². The summed E-state index contributed by atoms with van der Waals surface area (Å²) in [6.07, 6.45) is 2.46. The molecule has 4 nitrogen and oxygen atoms in total. The van der Waals surface area contributed by atoms with E-state index < -0.39 is 0 Å². The highest BCUT2D eigenvalue weighted by Crippen LogP contribution is 2.18. The Balaban J connectivity index is 0.00000144. The third kappa shape index (κ3) is 2.91. The third-order valence-corrected chi connectivity index (χ3v) is 2.66. The van der Waals surface area contributed by atoms with Gasteiger partial charge in [0.25, 0.3) is 0 Å². The van der Waals surface area contributed by atoms with Crippen molar-refractivity contribution in [3.05, 3.63) is 30.5 Å². The number of nitrogens with one attached hydrogen (secondary N) is 1. The number of carbonyl (C=O) groups excluding carboxylic acids is 1. The number of rotatable bonds is 3. The van der Waals surface area contributed by atoms with Crippen LogP contribution in [0.1, 0.15) is 6.42 Å². The number of hydrogen-bond acceptors (Lipinski definition) is 2. The minimum absolute atomic E-state index is 0. The molecule has 3 N–H and O–H groups in total. The second kappa shape index (κ2) is 5.59. The Morgan fingerprint density at radius 1 is 1.41 bits per heavy atom. The number of fused-ring (bicyclic) bond motifs is 1. The second-order valence-corrected chi connectivity index (χ2v) is 3.75. The average Bonchev–Trinajstić information content (AvgIpc) is 2.68. The number of amides is 1. The zero-order valence-corrected chi connectivity index (χ0v) is 10.5. The molecule has 17 heavy (non-hydrogen) atoms. The lowest BCUT2D eigenvalue weighted by atomic mass is 10.2. The van der Waals surface area contributed by atoms with E-state index in [-0.39, 0.29) is 18.3 Å². The molecule has 1 amide bonds. The standard InChI is InChI=1S/C12H15N3O.ClH/c1-14-12(16)5-7-15-6-4-9-2-3-10(13)8-11(9)15;/h2-4,6,8H,5,7,13H2,1H3,(H,14,16);1H. The van der Waals surface area contributed by atoms with Crippen molar-refractivity contribution < 1.29 is 4.79 Å². The van der Waals surface area contributed by atoms with Gasteiger partial charge in [0.2, 0.25) is 5.91 Å². The molecule has 0 fully saturated rings. The molecule has 0 spiro atoms. The highest BCUT2D eigenvalue weighted by atomic mass is 35.5. The van der Waals surface area contributed by atoms with Gasteiger partial charge in [-0.25, -0.2) is 0 Å². The van der Waals surface area contributed by atoms with Crippen LogP contribution in [0.4, 0.5) is 5.69 Å². The van der Waals surface area contributed by atoms with Crippen LogP contribution in [0.3, 0.4) is 0 Å². The predicted octanol–water partition coefficient (Wildman–Crippen LogP) is 1.78. The van der Waals surface area contributed by atoms with E-state index in [0.29, 0.717) is 13.0 Å². The van der Waals surface area contributed by atoms with Gasteiger partial charge >= 0.3 is 0 Å². The first-order valence-electron chi connectivity index (χ1n) is 5.25. The van der Waals surface area contributed by atoms with E-state index in [1.165, 1.54) is 0 Å². The second-order valence-electron chi connectivity index (χ2n) is 3.75. The largest absolute Gasteiger partial charge is 0.399 e. The van der Waals surface area contributed by atoms with E-state index in [1.54, 1.807) is 7.05 Å². The maximum absolute atomic E-state index is 11.2. The van der Waals surface area contributed by atoms with Crippen LogP contribution in [0.5, 0.6) is 0 Å². The summed E-state index contributed by atoms with van der Waals surface area (Å²) in [7, 11) is 1.65. The van der Waals surface area contributed by atoms with Crippen LogP contribution in [-0.2, 0) is 11.3 Å². The summed E-state index contributed by atoms with van der Waals surface area (Å²) in [6.45, 7) is 0.673. The van der Waals surface area contributed by atoms with Crippen LogP contribution in [0.2, 0.25) is 0 Å². The molecule has 1 heterocycles. The number of nitrogen functional groups attached to an aromatic ring is 1. The Morgan fingerprint density at radius 2 is 2.18 bits per heavy atom. The Labute approximate surface area is 106 Å². The normalized spacial score (nSPS) is 9.94. The molecular weight excluding hydrogens is 238 g/mol. The zero-order chi connectivity index (χ0) is 11.5. The highest BCUT2D eigenvalue weighted by Gasteiger charge is 2.03. The summed E-state index contributed by atoms with van der Waals surface area (Å²) in [5.74, 6) is 0.0470. The third-order valence-electron chi connectivity index (χ3n) is 2.66. The molecule has 0 atom stereocenters. The van der Waals surface area contributed by atoms with Crippen LogP contribution in [-0.4, -0.2) is 17.5 Å². The summed E-state index contributed by atoms with van der Waals surface area (Å²) >= 11 is 0. The van der Waals surface area contributed by atoms with Gasteiger partial charge < -0.3 is 15.6 Å². The van der Waals surface area contributed by atoms with Crippen LogP contribution >= 0.6 is 12.4 Å². The maximum atomic E-state index is 11.2. The van der Waals surface area contributed by atoms with Crippen LogP contribution in [0.25, 0.3) is 10.9 Å². The van der Waals surface area contributed by atoms with Gasteiger partial charge in [0, 0.05) is 31.9 Å². The van der Waals surface area contributed by atoms with Gasteiger partial charge in [-0.2, -0.15) is 0 Å². The van der Waals surface area contributed by atoms with Gasteiger partial charge in [0.05, 0.1) is 5.52 Å². The molecule has 0 bridgehead atoms. The van der Waals surface area contributed by atoms with E-state index in [0.717, 1.165) is 16.6 Å². The van der Waals surface area contributed by atoms with Gasteiger partial charge in [0.1, 0.15) is 0 Å². The summed E-state index contributed by atoms with van der Waals surface area (Å²) in [5.41, 5.74) is 7.56. The van der Waals surface area contributed by atoms with Crippen molar-refractivity contribution in [1.29, 1.82) is 0 Å².